The fourth-order valence-corrected chi connectivity index (χ4v) is 4.81. The summed E-state index contributed by atoms with van der Waals surface area (Å²) >= 11 is 3.24. The summed E-state index contributed by atoms with van der Waals surface area (Å²) in [5, 5.41) is 3.82. The lowest BCUT2D eigenvalue weighted by atomic mass is 10.2. The van der Waals surface area contributed by atoms with Gasteiger partial charge in [0, 0.05) is 16.1 Å². The van der Waals surface area contributed by atoms with Gasteiger partial charge >= 0.3 is 0 Å². The van der Waals surface area contributed by atoms with Gasteiger partial charge in [-0.15, -0.1) is 23.1 Å². The van der Waals surface area contributed by atoms with Crippen molar-refractivity contribution in [1.29, 1.82) is 0 Å². The van der Waals surface area contributed by atoms with Crippen molar-refractivity contribution in [2.24, 2.45) is 0 Å². The Kier molecular flexibility index (Phi) is 5.46. The number of rotatable bonds is 5. The van der Waals surface area contributed by atoms with Crippen LogP contribution in [0.1, 0.15) is 12.5 Å². The second-order valence-corrected chi connectivity index (χ2v) is 9.07. The summed E-state index contributed by atoms with van der Waals surface area (Å²) in [5.74, 6) is -0.00272. The number of hydrogen-bond donors (Lipinski definition) is 1. The minimum atomic E-state index is -0.172. The number of amides is 1. The monoisotopic (exact) mass is 404 g/mol. The molecule has 0 aliphatic rings. The number of benzene rings is 3. The molecule has 140 valence electrons. The number of thioether (sulfide) groups is 1. The van der Waals surface area contributed by atoms with E-state index in [4.69, 9.17) is 4.98 Å². The molecular weight excluding hydrogens is 384 g/mol. The number of hydrogen-bond acceptors (Lipinski definition) is 4. The summed E-state index contributed by atoms with van der Waals surface area (Å²) in [5.41, 5.74) is 4.12. The molecule has 28 heavy (non-hydrogen) atoms. The van der Waals surface area contributed by atoms with E-state index in [1.807, 2.05) is 61.5 Å². The molecule has 5 heteroatoms. The van der Waals surface area contributed by atoms with E-state index in [-0.39, 0.29) is 11.2 Å². The van der Waals surface area contributed by atoms with E-state index >= 15 is 0 Å². The number of carbonyl (C=O) groups is 1. The Morgan fingerprint density at radius 3 is 2.54 bits per heavy atom. The van der Waals surface area contributed by atoms with Gasteiger partial charge in [-0.1, -0.05) is 24.3 Å². The van der Waals surface area contributed by atoms with Gasteiger partial charge in [-0.25, -0.2) is 4.98 Å². The van der Waals surface area contributed by atoms with Crippen LogP contribution in [-0.4, -0.2) is 16.1 Å². The number of anilines is 1. The minimum Gasteiger partial charge on any atom is -0.325 e. The molecule has 1 N–H and O–H groups in total. The number of nitrogens with zero attached hydrogens (tertiary/aromatic N) is 1. The first-order chi connectivity index (χ1) is 13.6. The predicted octanol–water partition coefficient (Wildman–Crippen LogP) is 6.39. The van der Waals surface area contributed by atoms with Crippen LogP contribution in [0, 0.1) is 6.92 Å². The Morgan fingerprint density at radius 1 is 1.04 bits per heavy atom. The molecular formula is C23H20N2OS2. The molecule has 1 atom stereocenters. The molecule has 3 aromatic carbocycles. The molecule has 4 aromatic rings. The van der Waals surface area contributed by atoms with Crippen LogP contribution in [0.5, 0.6) is 0 Å². The standard InChI is InChI=1S/C23H20N2OS2/c1-15-8-13-20-21(14-15)28-23(25-20)17-9-11-18(12-10-17)24-22(26)16(2)27-19-6-4-3-5-7-19/h3-14,16H,1-2H3,(H,24,26)/t16-/m1/s1. The second-order valence-electron chi connectivity index (χ2n) is 6.63. The smallest absolute Gasteiger partial charge is 0.237 e. The summed E-state index contributed by atoms with van der Waals surface area (Å²) in [6.07, 6.45) is 0. The average Bonchev–Trinajstić information content (AvgIpc) is 3.12. The first kappa shape index (κ1) is 18.7. The summed E-state index contributed by atoms with van der Waals surface area (Å²) in [7, 11) is 0. The van der Waals surface area contributed by atoms with E-state index in [0.717, 1.165) is 26.7 Å². The third-order valence-corrected chi connectivity index (χ3v) is 6.55. The summed E-state index contributed by atoms with van der Waals surface area (Å²) in [4.78, 5) is 18.3. The van der Waals surface area contributed by atoms with E-state index in [9.17, 15) is 4.79 Å². The summed E-state index contributed by atoms with van der Waals surface area (Å²) in [6, 6.07) is 24.2. The normalized spacial score (nSPS) is 12.1. The van der Waals surface area contributed by atoms with E-state index in [1.54, 1.807) is 23.1 Å². The van der Waals surface area contributed by atoms with Crippen molar-refractivity contribution < 1.29 is 4.79 Å². The molecule has 0 saturated carbocycles. The lowest BCUT2D eigenvalue weighted by Crippen LogP contribution is -2.22. The fraction of sp³-hybridized carbons (Fsp3) is 0.130. The molecule has 0 unspecified atom stereocenters. The van der Waals surface area contributed by atoms with Gasteiger partial charge in [0.2, 0.25) is 5.91 Å². The zero-order valence-electron chi connectivity index (χ0n) is 15.7. The van der Waals surface area contributed by atoms with Gasteiger partial charge < -0.3 is 5.32 Å². The highest BCUT2D eigenvalue weighted by molar-refractivity contribution is 8.00. The Hall–Kier alpha value is -2.63. The maximum Gasteiger partial charge on any atom is 0.237 e. The highest BCUT2D eigenvalue weighted by atomic mass is 32.2. The van der Waals surface area contributed by atoms with Gasteiger partial charge in [0.1, 0.15) is 5.01 Å². The zero-order chi connectivity index (χ0) is 19.5. The van der Waals surface area contributed by atoms with Crippen molar-refractivity contribution in [3.63, 3.8) is 0 Å². The van der Waals surface area contributed by atoms with Crippen molar-refractivity contribution in [1.82, 2.24) is 4.98 Å². The zero-order valence-corrected chi connectivity index (χ0v) is 17.3. The van der Waals surface area contributed by atoms with Crippen molar-refractivity contribution in [3.05, 3.63) is 78.4 Å². The maximum absolute atomic E-state index is 12.5. The lowest BCUT2D eigenvalue weighted by molar-refractivity contribution is -0.115. The van der Waals surface area contributed by atoms with E-state index in [2.05, 4.69) is 30.4 Å². The lowest BCUT2D eigenvalue weighted by Gasteiger charge is -2.12. The van der Waals surface area contributed by atoms with E-state index in [0.29, 0.717) is 0 Å². The Bertz CT molecular complexity index is 1100. The van der Waals surface area contributed by atoms with Crippen molar-refractivity contribution in [3.8, 4) is 10.6 Å². The molecule has 4 rings (SSSR count). The molecule has 0 bridgehead atoms. The first-order valence-corrected chi connectivity index (χ1v) is 10.8. The molecule has 0 radical (unpaired) electrons. The average molecular weight is 405 g/mol. The van der Waals surface area contributed by atoms with Gasteiger partial charge in [0.25, 0.3) is 0 Å². The molecule has 0 saturated heterocycles. The highest BCUT2D eigenvalue weighted by Gasteiger charge is 2.14. The Labute approximate surface area is 172 Å². The molecule has 1 heterocycles. The molecule has 1 amide bonds. The topological polar surface area (TPSA) is 42.0 Å². The fourth-order valence-electron chi connectivity index (χ4n) is 2.85. The SMILES string of the molecule is Cc1ccc2nc(-c3ccc(NC(=O)[C@@H](C)Sc4ccccc4)cc3)sc2c1. The van der Waals surface area contributed by atoms with Crippen molar-refractivity contribution in [2.45, 2.75) is 24.0 Å². The number of aromatic nitrogens is 1. The number of fused-ring (bicyclic) bond motifs is 1. The molecule has 3 nitrogen and oxygen atoms in total. The Balaban J connectivity index is 1.44. The molecule has 0 aliphatic heterocycles. The second kappa shape index (κ2) is 8.17. The number of nitrogens with one attached hydrogen (secondary N) is 1. The van der Waals surface area contributed by atoms with Gasteiger partial charge in [-0.2, -0.15) is 0 Å². The first-order valence-electron chi connectivity index (χ1n) is 9.09. The van der Waals surface area contributed by atoms with Gasteiger partial charge in [-0.3, -0.25) is 4.79 Å². The molecule has 0 fully saturated rings. The third-order valence-electron chi connectivity index (χ3n) is 4.37. The van der Waals surface area contributed by atoms with Crippen LogP contribution in [0.2, 0.25) is 0 Å². The molecule has 0 aliphatic carbocycles. The quantitative estimate of drug-likeness (QED) is 0.392. The maximum atomic E-state index is 12.5. The third kappa shape index (κ3) is 4.26. The molecule has 0 spiro atoms. The Morgan fingerprint density at radius 2 is 1.79 bits per heavy atom. The van der Waals surface area contributed by atoms with Gasteiger partial charge in [-0.05, 0) is 67.9 Å². The van der Waals surface area contributed by atoms with Gasteiger partial charge in [0.15, 0.2) is 0 Å². The van der Waals surface area contributed by atoms with Crippen LogP contribution >= 0.6 is 23.1 Å². The van der Waals surface area contributed by atoms with Gasteiger partial charge in [0.05, 0.1) is 15.5 Å². The largest absolute Gasteiger partial charge is 0.325 e. The number of carbonyl (C=O) groups excluding carboxylic acids is 1. The van der Waals surface area contributed by atoms with E-state index in [1.165, 1.54) is 10.3 Å². The van der Waals surface area contributed by atoms with Crippen LogP contribution in [0.25, 0.3) is 20.8 Å². The minimum absolute atomic E-state index is 0.00272. The van der Waals surface area contributed by atoms with Crippen LogP contribution in [0.15, 0.2) is 77.7 Å². The van der Waals surface area contributed by atoms with Crippen molar-refractivity contribution >= 4 is 44.9 Å². The predicted molar refractivity (Wildman–Crippen MR) is 120 cm³/mol. The van der Waals surface area contributed by atoms with Crippen LogP contribution in [0.4, 0.5) is 5.69 Å². The van der Waals surface area contributed by atoms with E-state index < -0.39 is 0 Å². The van der Waals surface area contributed by atoms with Crippen molar-refractivity contribution in [2.75, 3.05) is 5.32 Å². The van der Waals surface area contributed by atoms with Crippen LogP contribution in [-0.2, 0) is 4.79 Å². The molecule has 1 aromatic heterocycles. The highest BCUT2D eigenvalue weighted by Crippen LogP contribution is 2.31. The summed E-state index contributed by atoms with van der Waals surface area (Å²) in [6.45, 7) is 4.01. The number of thiazole rings is 1. The summed E-state index contributed by atoms with van der Waals surface area (Å²) < 4.78 is 1.19. The van der Waals surface area contributed by atoms with Crippen LogP contribution in [0.3, 0.4) is 0 Å². The number of aryl methyl sites for hydroxylation is 1. The van der Waals surface area contributed by atoms with Crippen LogP contribution < -0.4 is 5.32 Å².